The minimum Gasteiger partial charge on any atom is -0.494 e. The molecule has 0 aromatic heterocycles. The van der Waals surface area contributed by atoms with Crippen molar-refractivity contribution < 1.29 is 4.74 Å². The average molecular weight is 222 g/mol. The Morgan fingerprint density at radius 1 is 1.44 bits per heavy atom. The Balaban J connectivity index is 2.71. The second-order valence-electron chi connectivity index (χ2n) is 3.91. The lowest BCUT2D eigenvalue weighted by Gasteiger charge is -2.15. The zero-order valence-electron chi connectivity index (χ0n) is 10.2. The van der Waals surface area contributed by atoms with Gasteiger partial charge in [0.15, 0.2) is 0 Å². The van der Waals surface area contributed by atoms with Crippen LogP contribution in [0.1, 0.15) is 24.8 Å². The van der Waals surface area contributed by atoms with Crippen LogP contribution in [0.25, 0.3) is 0 Å². The monoisotopic (exact) mass is 222 g/mol. The smallest absolute Gasteiger partial charge is 0.119 e. The van der Waals surface area contributed by atoms with Gasteiger partial charge >= 0.3 is 0 Å². The van der Waals surface area contributed by atoms with Crippen molar-refractivity contribution in [1.82, 2.24) is 5.32 Å². The fraction of sp³-hybridized carbons (Fsp3) is 0.538. The number of likely N-dealkylation sites (N-methyl/N-ethyl adjacent to an activating group) is 1. The van der Waals surface area contributed by atoms with Gasteiger partial charge in [-0.05, 0) is 31.2 Å². The van der Waals surface area contributed by atoms with Gasteiger partial charge in [-0.2, -0.15) is 0 Å². The van der Waals surface area contributed by atoms with Gasteiger partial charge in [0.05, 0.1) is 6.61 Å². The van der Waals surface area contributed by atoms with Crippen LogP contribution < -0.4 is 15.8 Å². The summed E-state index contributed by atoms with van der Waals surface area (Å²) in [4.78, 5) is 0. The highest BCUT2D eigenvalue weighted by molar-refractivity contribution is 5.31. The predicted molar refractivity (Wildman–Crippen MR) is 68.0 cm³/mol. The number of rotatable bonds is 7. The van der Waals surface area contributed by atoms with E-state index >= 15 is 0 Å². The first-order valence-electron chi connectivity index (χ1n) is 5.89. The molecule has 0 bridgehead atoms. The van der Waals surface area contributed by atoms with Crippen LogP contribution in [0.4, 0.5) is 0 Å². The summed E-state index contributed by atoms with van der Waals surface area (Å²) in [5.41, 5.74) is 7.00. The molecule has 0 saturated heterocycles. The second kappa shape index (κ2) is 7.25. The van der Waals surface area contributed by atoms with Crippen molar-refractivity contribution in [3.8, 4) is 5.75 Å². The normalized spacial score (nSPS) is 12.4. The summed E-state index contributed by atoms with van der Waals surface area (Å²) < 4.78 is 5.61. The highest BCUT2D eigenvalue weighted by atomic mass is 16.5. The highest BCUT2D eigenvalue weighted by Crippen LogP contribution is 2.20. The Labute approximate surface area is 98.0 Å². The van der Waals surface area contributed by atoms with E-state index in [1.165, 1.54) is 5.56 Å². The molecule has 1 aromatic carbocycles. The van der Waals surface area contributed by atoms with E-state index < -0.39 is 0 Å². The summed E-state index contributed by atoms with van der Waals surface area (Å²) in [6, 6.07) is 8.21. The molecule has 3 heteroatoms. The van der Waals surface area contributed by atoms with Crippen LogP contribution in [0.5, 0.6) is 5.75 Å². The van der Waals surface area contributed by atoms with Crippen LogP contribution >= 0.6 is 0 Å². The van der Waals surface area contributed by atoms with Gasteiger partial charge in [0.1, 0.15) is 5.75 Å². The summed E-state index contributed by atoms with van der Waals surface area (Å²) in [7, 11) is 1.94. The minimum absolute atomic E-state index is 0.357. The van der Waals surface area contributed by atoms with Gasteiger partial charge in [0, 0.05) is 19.0 Å². The molecule has 0 fully saturated rings. The van der Waals surface area contributed by atoms with Crippen molar-refractivity contribution in [1.29, 1.82) is 0 Å². The molecule has 0 amide bonds. The lowest BCUT2D eigenvalue weighted by molar-refractivity contribution is 0.317. The molecule has 0 spiro atoms. The molecule has 0 aliphatic carbocycles. The molecule has 16 heavy (non-hydrogen) atoms. The first kappa shape index (κ1) is 13.0. The molecule has 3 nitrogen and oxygen atoms in total. The highest BCUT2D eigenvalue weighted by Gasteiger charge is 2.09. The summed E-state index contributed by atoms with van der Waals surface area (Å²) in [6.07, 6.45) is 1.03. The van der Waals surface area contributed by atoms with Crippen molar-refractivity contribution in [2.75, 3.05) is 26.7 Å². The fourth-order valence-electron chi connectivity index (χ4n) is 1.66. The van der Waals surface area contributed by atoms with Crippen molar-refractivity contribution in [3.05, 3.63) is 29.8 Å². The maximum Gasteiger partial charge on any atom is 0.119 e. The maximum absolute atomic E-state index is 5.76. The zero-order valence-corrected chi connectivity index (χ0v) is 10.2. The lowest BCUT2D eigenvalue weighted by Crippen LogP contribution is -2.23. The number of nitrogens with one attached hydrogen (secondary N) is 1. The molecule has 0 heterocycles. The van der Waals surface area contributed by atoms with E-state index in [0.717, 1.165) is 25.3 Å². The van der Waals surface area contributed by atoms with Gasteiger partial charge in [-0.25, -0.2) is 0 Å². The topological polar surface area (TPSA) is 47.3 Å². The van der Waals surface area contributed by atoms with Crippen LogP contribution in [0.3, 0.4) is 0 Å². The number of benzene rings is 1. The third-order valence-electron chi connectivity index (χ3n) is 2.54. The number of nitrogens with two attached hydrogens (primary N) is 1. The summed E-state index contributed by atoms with van der Waals surface area (Å²) in [5.74, 6) is 1.30. The van der Waals surface area contributed by atoms with Gasteiger partial charge in [0.2, 0.25) is 0 Å². The number of hydrogen-bond donors (Lipinski definition) is 2. The first-order valence-corrected chi connectivity index (χ1v) is 5.89. The largest absolute Gasteiger partial charge is 0.494 e. The third kappa shape index (κ3) is 3.83. The van der Waals surface area contributed by atoms with Crippen LogP contribution in [0.2, 0.25) is 0 Å². The van der Waals surface area contributed by atoms with Crippen molar-refractivity contribution in [2.24, 2.45) is 5.73 Å². The Morgan fingerprint density at radius 3 is 2.88 bits per heavy atom. The summed E-state index contributed by atoms with van der Waals surface area (Å²) in [5, 5.41) is 3.16. The molecule has 0 saturated carbocycles. The SMILES string of the molecule is CCCOc1cccc(C(CN)CNC)c1. The van der Waals surface area contributed by atoms with Crippen LogP contribution in [-0.2, 0) is 0 Å². The lowest BCUT2D eigenvalue weighted by atomic mass is 9.99. The summed E-state index contributed by atoms with van der Waals surface area (Å²) in [6.45, 7) is 4.42. The van der Waals surface area contributed by atoms with E-state index in [1.54, 1.807) is 0 Å². The Hall–Kier alpha value is -1.06. The molecular formula is C13H22N2O. The number of hydrogen-bond acceptors (Lipinski definition) is 3. The molecular weight excluding hydrogens is 200 g/mol. The molecule has 3 N–H and O–H groups in total. The number of ether oxygens (including phenoxy) is 1. The Bertz CT molecular complexity index is 302. The average Bonchev–Trinajstić information content (AvgIpc) is 2.33. The Kier molecular flexibility index (Phi) is 5.90. The van der Waals surface area contributed by atoms with E-state index in [9.17, 15) is 0 Å². The van der Waals surface area contributed by atoms with Crippen LogP contribution in [0, 0.1) is 0 Å². The van der Waals surface area contributed by atoms with Crippen LogP contribution in [-0.4, -0.2) is 26.7 Å². The molecule has 0 aliphatic rings. The van der Waals surface area contributed by atoms with Gasteiger partial charge in [-0.3, -0.25) is 0 Å². The molecule has 90 valence electrons. The van der Waals surface area contributed by atoms with E-state index in [2.05, 4.69) is 24.4 Å². The Morgan fingerprint density at radius 2 is 2.25 bits per heavy atom. The van der Waals surface area contributed by atoms with Gasteiger partial charge in [0.25, 0.3) is 0 Å². The standard InChI is InChI=1S/C13H22N2O/c1-3-7-16-13-6-4-5-11(8-13)12(9-14)10-15-2/h4-6,8,12,15H,3,7,9-10,14H2,1-2H3. The predicted octanol–water partition coefficient (Wildman–Crippen LogP) is 1.74. The quantitative estimate of drug-likeness (QED) is 0.738. The summed E-state index contributed by atoms with van der Waals surface area (Å²) >= 11 is 0. The second-order valence-corrected chi connectivity index (χ2v) is 3.91. The van der Waals surface area contributed by atoms with Crippen molar-refractivity contribution >= 4 is 0 Å². The van der Waals surface area contributed by atoms with E-state index in [4.69, 9.17) is 10.5 Å². The van der Waals surface area contributed by atoms with Gasteiger partial charge < -0.3 is 15.8 Å². The molecule has 0 radical (unpaired) electrons. The maximum atomic E-state index is 5.76. The minimum atomic E-state index is 0.357. The first-order chi connectivity index (χ1) is 7.81. The van der Waals surface area contributed by atoms with Crippen LogP contribution in [0.15, 0.2) is 24.3 Å². The van der Waals surface area contributed by atoms with Crippen molar-refractivity contribution in [2.45, 2.75) is 19.3 Å². The molecule has 1 aromatic rings. The van der Waals surface area contributed by atoms with E-state index in [-0.39, 0.29) is 0 Å². The van der Waals surface area contributed by atoms with E-state index in [1.807, 2.05) is 19.2 Å². The third-order valence-corrected chi connectivity index (χ3v) is 2.54. The van der Waals surface area contributed by atoms with Crippen molar-refractivity contribution in [3.63, 3.8) is 0 Å². The zero-order chi connectivity index (χ0) is 11.8. The molecule has 1 atom stereocenters. The molecule has 0 aliphatic heterocycles. The van der Waals surface area contributed by atoms with Gasteiger partial charge in [-0.1, -0.05) is 19.1 Å². The molecule has 1 unspecified atom stereocenters. The molecule has 1 rings (SSSR count). The fourth-order valence-corrected chi connectivity index (χ4v) is 1.66. The van der Waals surface area contributed by atoms with Gasteiger partial charge in [-0.15, -0.1) is 0 Å². The van der Waals surface area contributed by atoms with E-state index in [0.29, 0.717) is 12.5 Å².